The number of nitrogens with one attached hydrogen (secondary N) is 1. The van der Waals surface area contributed by atoms with Crippen LogP contribution in [0.5, 0.6) is 0 Å². The van der Waals surface area contributed by atoms with Gasteiger partial charge in [0.25, 0.3) is 0 Å². The number of para-hydroxylation sites is 1. The standard InChI is InChI=1S/C16H19F3N2/c1-5-20-12-9-13(16(17,18)19)21-14-10(12)7-6-8-11(14)15(2,3)4/h6-9H,5H2,1-4H3,(H,20,21). The van der Waals surface area contributed by atoms with Gasteiger partial charge in [-0.1, -0.05) is 39.0 Å². The van der Waals surface area contributed by atoms with Gasteiger partial charge in [-0.05, 0) is 24.0 Å². The average Bonchev–Trinajstić information content (AvgIpc) is 2.36. The first-order valence-corrected chi connectivity index (χ1v) is 6.90. The molecule has 0 saturated carbocycles. The van der Waals surface area contributed by atoms with Crippen molar-refractivity contribution in [1.82, 2.24) is 4.98 Å². The van der Waals surface area contributed by atoms with Crippen molar-refractivity contribution in [3.63, 3.8) is 0 Å². The van der Waals surface area contributed by atoms with Crippen LogP contribution in [-0.4, -0.2) is 11.5 Å². The van der Waals surface area contributed by atoms with E-state index in [2.05, 4.69) is 10.3 Å². The van der Waals surface area contributed by atoms with Crippen LogP contribution in [0, 0.1) is 0 Å². The van der Waals surface area contributed by atoms with Gasteiger partial charge in [0.2, 0.25) is 0 Å². The normalized spacial score (nSPS) is 12.7. The zero-order valence-electron chi connectivity index (χ0n) is 12.6. The molecule has 5 heteroatoms. The van der Waals surface area contributed by atoms with Crippen molar-refractivity contribution in [2.75, 3.05) is 11.9 Å². The zero-order chi connectivity index (χ0) is 15.8. The number of anilines is 1. The molecule has 0 aliphatic rings. The molecule has 1 N–H and O–H groups in total. The molecule has 0 saturated heterocycles. The van der Waals surface area contributed by atoms with Crippen LogP contribution < -0.4 is 5.32 Å². The maximum absolute atomic E-state index is 13.1. The molecule has 2 aromatic rings. The summed E-state index contributed by atoms with van der Waals surface area (Å²) in [4.78, 5) is 3.89. The van der Waals surface area contributed by atoms with Crippen LogP contribution in [-0.2, 0) is 11.6 Å². The van der Waals surface area contributed by atoms with E-state index in [1.54, 1.807) is 6.07 Å². The topological polar surface area (TPSA) is 24.9 Å². The van der Waals surface area contributed by atoms with Crippen molar-refractivity contribution >= 4 is 16.6 Å². The summed E-state index contributed by atoms with van der Waals surface area (Å²) in [6, 6.07) is 6.58. The lowest BCUT2D eigenvalue weighted by Crippen LogP contribution is -2.15. The highest BCUT2D eigenvalue weighted by molar-refractivity contribution is 5.94. The summed E-state index contributed by atoms with van der Waals surface area (Å²) in [5.74, 6) is 0. The number of fused-ring (bicyclic) bond motifs is 1. The highest BCUT2D eigenvalue weighted by Gasteiger charge is 2.34. The SMILES string of the molecule is CCNc1cc(C(F)(F)F)nc2c(C(C)(C)C)cccc12. The van der Waals surface area contributed by atoms with E-state index in [9.17, 15) is 13.2 Å². The van der Waals surface area contributed by atoms with Crippen LogP contribution in [0.1, 0.15) is 39.0 Å². The molecule has 0 aliphatic carbocycles. The molecule has 0 atom stereocenters. The fourth-order valence-electron chi connectivity index (χ4n) is 2.34. The number of alkyl halides is 3. The molecule has 21 heavy (non-hydrogen) atoms. The molecular weight excluding hydrogens is 277 g/mol. The number of benzene rings is 1. The predicted molar refractivity (Wildman–Crippen MR) is 79.6 cm³/mol. The van der Waals surface area contributed by atoms with Crippen molar-refractivity contribution in [2.24, 2.45) is 0 Å². The third kappa shape index (κ3) is 3.12. The largest absolute Gasteiger partial charge is 0.433 e. The van der Waals surface area contributed by atoms with Crippen LogP contribution in [0.15, 0.2) is 24.3 Å². The predicted octanol–water partition coefficient (Wildman–Crippen LogP) is 4.98. The van der Waals surface area contributed by atoms with Crippen LogP contribution in [0.25, 0.3) is 10.9 Å². The Labute approximate surface area is 122 Å². The number of hydrogen-bond donors (Lipinski definition) is 1. The van der Waals surface area contributed by atoms with Crippen LogP contribution >= 0.6 is 0 Å². The Balaban J connectivity index is 2.83. The Morgan fingerprint density at radius 1 is 1.14 bits per heavy atom. The van der Waals surface area contributed by atoms with Gasteiger partial charge < -0.3 is 5.32 Å². The van der Waals surface area contributed by atoms with E-state index >= 15 is 0 Å². The smallest absolute Gasteiger partial charge is 0.385 e. The van der Waals surface area contributed by atoms with E-state index in [1.165, 1.54) is 0 Å². The van der Waals surface area contributed by atoms with Crippen molar-refractivity contribution < 1.29 is 13.2 Å². The molecule has 0 fully saturated rings. The summed E-state index contributed by atoms with van der Waals surface area (Å²) in [5, 5.41) is 3.72. The Morgan fingerprint density at radius 2 is 1.81 bits per heavy atom. The summed E-state index contributed by atoms with van der Waals surface area (Å²) >= 11 is 0. The zero-order valence-corrected chi connectivity index (χ0v) is 12.6. The minimum absolute atomic E-state index is 0.278. The lowest BCUT2D eigenvalue weighted by atomic mass is 9.85. The molecule has 0 amide bonds. The third-order valence-electron chi connectivity index (χ3n) is 3.31. The molecule has 0 aliphatic heterocycles. The third-order valence-corrected chi connectivity index (χ3v) is 3.31. The van der Waals surface area contributed by atoms with Crippen molar-refractivity contribution in [1.29, 1.82) is 0 Å². The van der Waals surface area contributed by atoms with Crippen molar-refractivity contribution in [3.8, 4) is 0 Å². The number of rotatable bonds is 2. The molecular formula is C16H19F3N2. The fraction of sp³-hybridized carbons (Fsp3) is 0.438. The Kier molecular flexibility index (Phi) is 3.87. The molecule has 2 nitrogen and oxygen atoms in total. The fourth-order valence-corrected chi connectivity index (χ4v) is 2.34. The van der Waals surface area contributed by atoms with Gasteiger partial charge in [0.15, 0.2) is 0 Å². The molecule has 114 valence electrons. The van der Waals surface area contributed by atoms with E-state index in [4.69, 9.17) is 0 Å². The maximum Gasteiger partial charge on any atom is 0.433 e. The highest BCUT2D eigenvalue weighted by Crippen LogP contribution is 2.36. The van der Waals surface area contributed by atoms with E-state index in [0.717, 1.165) is 17.0 Å². The van der Waals surface area contributed by atoms with Gasteiger partial charge in [-0.15, -0.1) is 0 Å². The van der Waals surface area contributed by atoms with Crippen LogP contribution in [0.3, 0.4) is 0 Å². The van der Waals surface area contributed by atoms with Gasteiger partial charge in [0.05, 0.1) is 5.52 Å². The van der Waals surface area contributed by atoms with Crippen LogP contribution in [0.4, 0.5) is 18.9 Å². The first kappa shape index (κ1) is 15.6. The summed E-state index contributed by atoms with van der Waals surface area (Å²) in [6.45, 7) is 8.31. The summed E-state index contributed by atoms with van der Waals surface area (Å²) in [7, 11) is 0. The minimum Gasteiger partial charge on any atom is -0.385 e. The molecule has 0 spiro atoms. The summed E-state index contributed by atoms with van der Waals surface area (Å²) in [6.07, 6.45) is -4.46. The van der Waals surface area contributed by atoms with Gasteiger partial charge in [0.1, 0.15) is 5.69 Å². The number of aromatic nitrogens is 1. The van der Waals surface area contributed by atoms with Crippen molar-refractivity contribution in [3.05, 3.63) is 35.5 Å². The maximum atomic E-state index is 13.1. The van der Waals surface area contributed by atoms with Gasteiger partial charge in [0, 0.05) is 17.6 Å². The summed E-state index contributed by atoms with van der Waals surface area (Å²) < 4.78 is 39.2. The molecule has 0 unspecified atom stereocenters. The lowest BCUT2D eigenvalue weighted by Gasteiger charge is -2.22. The molecule has 0 bridgehead atoms. The first-order valence-electron chi connectivity index (χ1n) is 6.90. The second kappa shape index (κ2) is 5.20. The molecule has 1 heterocycles. The summed E-state index contributed by atoms with van der Waals surface area (Å²) in [5.41, 5.74) is 0.560. The van der Waals surface area contributed by atoms with Crippen molar-refractivity contribution in [2.45, 2.75) is 39.3 Å². The first-order chi connectivity index (χ1) is 9.64. The second-order valence-electron chi connectivity index (χ2n) is 6.03. The van der Waals surface area contributed by atoms with E-state index < -0.39 is 11.9 Å². The Hall–Kier alpha value is -1.78. The highest BCUT2D eigenvalue weighted by atomic mass is 19.4. The molecule has 1 aromatic carbocycles. The quantitative estimate of drug-likeness (QED) is 0.845. The number of nitrogens with zero attached hydrogens (tertiary/aromatic N) is 1. The Morgan fingerprint density at radius 3 is 2.33 bits per heavy atom. The monoisotopic (exact) mass is 296 g/mol. The van der Waals surface area contributed by atoms with Gasteiger partial charge in [-0.3, -0.25) is 0 Å². The van der Waals surface area contributed by atoms with E-state index in [1.807, 2.05) is 39.8 Å². The van der Waals surface area contributed by atoms with Gasteiger partial charge >= 0.3 is 6.18 Å². The average molecular weight is 296 g/mol. The van der Waals surface area contributed by atoms with Gasteiger partial charge in [-0.2, -0.15) is 13.2 Å². The molecule has 2 rings (SSSR count). The minimum atomic E-state index is -4.46. The number of pyridine rings is 1. The van der Waals surface area contributed by atoms with E-state index in [0.29, 0.717) is 17.7 Å². The molecule has 1 aromatic heterocycles. The van der Waals surface area contributed by atoms with Crippen LogP contribution in [0.2, 0.25) is 0 Å². The Bertz CT molecular complexity index is 655. The number of halogens is 3. The molecule has 0 radical (unpaired) electrons. The number of hydrogen-bond acceptors (Lipinski definition) is 2. The second-order valence-corrected chi connectivity index (χ2v) is 6.03. The lowest BCUT2D eigenvalue weighted by molar-refractivity contribution is -0.140. The van der Waals surface area contributed by atoms with E-state index in [-0.39, 0.29) is 5.41 Å². The van der Waals surface area contributed by atoms with Gasteiger partial charge in [-0.25, -0.2) is 4.98 Å².